The van der Waals surface area contributed by atoms with Gasteiger partial charge in [-0.05, 0) is 55.8 Å². The molecule has 7 nitrogen and oxygen atoms in total. The number of nitrogens with one attached hydrogen (secondary N) is 1. The van der Waals surface area contributed by atoms with Gasteiger partial charge in [-0.25, -0.2) is 0 Å². The number of ether oxygens (including phenoxy) is 3. The van der Waals surface area contributed by atoms with Gasteiger partial charge in [0.05, 0.1) is 27.4 Å². The molecule has 0 aromatic heterocycles. The zero-order valence-corrected chi connectivity index (χ0v) is 19.1. The van der Waals surface area contributed by atoms with Crippen molar-refractivity contribution in [2.45, 2.75) is 18.9 Å². The van der Waals surface area contributed by atoms with Gasteiger partial charge in [0.2, 0.25) is 5.75 Å². The van der Waals surface area contributed by atoms with Crippen molar-refractivity contribution < 1.29 is 19.0 Å². The SMILES string of the molecule is COc1cc(C(=O)NC[C@H](c2ccc(N(C)C)cc2)N2CCCC2)cc(OC)c1OC. The smallest absolute Gasteiger partial charge is 0.251 e. The number of hydrogen-bond acceptors (Lipinski definition) is 6. The summed E-state index contributed by atoms with van der Waals surface area (Å²) in [4.78, 5) is 17.5. The molecule has 1 saturated heterocycles. The van der Waals surface area contributed by atoms with Gasteiger partial charge in [0.25, 0.3) is 5.91 Å². The fraction of sp³-hybridized carbons (Fsp3) is 0.458. The Morgan fingerprint density at radius 3 is 2.06 bits per heavy atom. The van der Waals surface area contributed by atoms with Crippen LogP contribution in [-0.2, 0) is 0 Å². The Morgan fingerprint density at radius 2 is 1.58 bits per heavy atom. The molecule has 7 heteroatoms. The summed E-state index contributed by atoms with van der Waals surface area (Å²) in [6, 6.07) is 12.0. The molecule has 1 atom stereocenters. The third-order valence-electron chi connectivity index (χ3n) is 5.76. The van der Waals surface area contributed by atoms with E-state index < -0.39 is 0 Å². The highest BCUT2D eigenvalue weighted by Gasteiger charge is 2.25. The van der Waals surface area contributed by atoms with E-state index in [4.69, 9.17) is 14.2 Å². The van der Waals surface area contributed by atoms with Crippen molar-refractivity contribution in [3.63, 3.8) is 0 Å². The maximum atomic E-state index is 13.0. The van der Waals surface area contributed by atoms with Gasteiger partial charge in [-0.3, -0.25) is 9.69 Å². The van der Waals surface area contributed by atoms with Crippen molar-refractivity contribution in [2.75, 3.05) is 60.0 Å². The largest absolute Gasteiger partial charge is 0.493 e. The Balaban J connectivity index is 1.79. The summed E-state index contributed by atoms with van der Waals surface area (Å²) in [5.74, 6) is 1.22. The number of likely N-dealkylation sites (tertiary alicyclic amines) is 1. The fourth-order valence-electron chi connectivity index (χ4n) is 4.01. The Kier molecular flexibility index (Phi) is 7.63. The van der Waals surface area contributed by atoms with Crippen LogP contribution in [0.1, 0.15) is 34.8 Å². The number of carbonyl (C=O) groups excluding carboxylic acids is 1. The molecule has 1 amide bonds. The molecule has 0 radical (unpaired) electrons. The molecule has 0 saturated carbocycles. The van der Waals surface area contributed by atoms with Gasteiger partial charge >= 0.3 is 0 Å². The van der Waals surface area contributed by atoms with Gasteiger partial charge in [-0.2, -0.15) is 0 Å². The predicted octanol–water partition coefficient (Wildman–Crippen LogP) is 3.35. The highest BCUT2D eigenvalue weighted by atomic mass is 16.5. The molecule has 3 rings (SSSR count). The first-order valence-corrected chi connectivity index (χ1v) is 10.6. The fourth-order valence-corrected chi connectivity index (χ4v) is 4.01. The molecule has 0 spiro atoms. The molecule has 168 valence electrons. The van der Waals surface area contributed by atoms with Crippen LogP contribution in [0.2, 0.25) is 0 Å². The third kappa shape index (κ3) is 5.22. The summed E-state index contributed by atoms with van der Waals surface area (Å²) in [5, 5.41) is 3.11. The molecule has 0 aliphatic carbocycles. The van der Waals surface area contributed by atoms with Crippen LogP contribution in [0, 0.1) is 0 Å². The van der Waals surface area contributed by atoms with Crippen LogP contribution in [0.4, 0.5) is 5.69 Å². The number of hydrogen-bond donors (Lipinski definition) is 1. The maximum Gasteiger partial charge on any atom is 0.251 e. The van der Waals surface area contributed by atoms with Crippen LogP contribution >= 0.6 is 0 Å². The molecular formula is C24H33N3O4. The molecule has 0 unspecified atom stereocenters. The van der Waals surface area contributed by atoms with E-state index in [-0.39, 0.29) is 11.9 Å². The first-order valence-electron chi connectivity index (χ1n) is 10.6. The third-order valence-corrected chi connectivity index (χ3v) is 5.76. The van der Waals surface area contributed by atoms with E-state index >= 15 is 0 Å². The molecule has 1 fully saturated rings. The second kappa shape index (κ2) is 10.4. The van der Waals surface area contributed by atoms with Crippen molar-refractivity contribution in [1.29, 1.82) is 0 Å². The summed E-state index contributed by atoms with van der Waals surface area (Å²) in [7, 11) is 8.69. The lowest BCUT2D eigenvalue weighted by molar-refractivity contribution is 0.0937. The lowest BCUT2D eigenvalue weighted by atomic mass is 10.0. The van der Waals surface area contributed by atoms with Crippen molar-refractivity contribution in [3.8, 4) is 17.2 Å². The standard InChI is InChI=1S/C24H33N3O4/c1-26(2)19-10-8-17(9-11-19)20(27-12-6-7-13-27)16-25-24(28)18-14-21(29-3)23(31-5)22(15-18)30-4/h8-11,14-15,20H,6-7,12-13,16H2,1-5H3,(H,25,28)/t20-/m1/s1. The van der Waals surface area contributed by atoms with Crippen LogP contribution in [0.3, 0.4) is 0 Å². The Hall–Kier alpha value is -2.93. The van der Waals surface area contributed by atoms with Crippen molar-refractivity contribution >= 4 is 11.6 Å². The van der Waals surface area contributed by atoms with Gasteiger partial charge in [-0.15, -0.1) is 0 Å². The minimum absolute atomic E-state index is 0.129. The normalized spacial score (nSPS) is 14.7. The van der Waals surface area contributed by atoms with E-state index in [0.29, 0.717) is 29.4 Å². The summed E-state index contributed by atoms with van der Waals surface area (Å²) < 4.78 is 16.1. The number of methoxy groups -OCH3 is 3. The van der Waals surface area contributed by atoms with Crippen LogP contribution < -0.4 is 24.4 Å². The van der Waals surface area contributed by atoms with Crippen molar-refractivity contribution in [2.24, 2.45) is 0 Å². The molecule has 1 heterocycles. The number of rotatable bonds is 9. The zero-order chi connectivity index (χ0) is 22.4. The number of carbonyl (C=O) groups is 1. The molecule has 2 aromatic carbocycles. The first-order chi connectivity index (χ1) is 15.0. The van der Waals surface area contributed by atoms with E-state index in [2.05, 4.69) is 39.4 Å². The lowest BCUT2D eigenvalue weighted by Crippen LogP contribution is -2.36. The summed E-state index contributed by atoms with van der Waals surface area (Å²) >= 11 is 0. The minimum Gasteiger partial charge on any atom is -0.493 e. The van der Waals surface area contributed by atoms with Crippen LogP contribution in [0.5, 0.6) is 17.2 Å². The molecule has 1 N–H and O–H groups in total. The van der Waals surface area contributed by atoms with Crippen LogP contribution in [0.25, 0.3) is 0 Å². The summed E-state index contributed by atoms with van der Waals surface area (Å²) in [6.07, 6.45) is 2.38. The maximum absolute atomic E-state index is 13.0. The number of amides is 1. The molecule has 1 aliphatic rings. The second-order valence-electron chi connectivity index (χ2n) is 7.87. The average molecular weight is 428 g/mol. The topological polar surface area (TPSA) is 63.3 Å². The predicted molar refractivity (Wildman–Crippen MR) is 123 cm³/mol. The molecule has 0 bridgehead atoms. The van der Waals surface area contributed by atoms with Gasteiger partial charge in [-0.1, -0.05) is 12.1 Å². The van der Waals surface area contributed by atoms with Gasteiger partial charge in [0, 0.05) is 31.9 Å². The zero-order valence-electron chi connectivity index (χ0n) is 19.1. The Bertz CT molecular complexity index is 852. The quantitative estimate of drug-likeness (QED) is 0.662. The van der Waals surface area contributed by atoms with Crippen LogP contribution in [-0.4, -0.2) is 65.9 Å². The number of nitrogens with zero attached hydrogens (tertiary/aromatic N) is 2. The second-order valence-corrected chi connectivity index (χ2v) is 7.87. The molecule has 1 aliphatic heterocycles. The van der Waals surface area contributed by atoms with E-state index in [1.807, 2.05) is 14.1 Å². The van der Waals surface area contributed by atoms with Gasteiger partial charge in [0.15, 0.2) is 11.5 Å². The lowest BCUT2D eigenvalue weighted by Gasteiger charge is -2.28. The first kappa shape index (κ1) is 22.7. The molecule has 31 heavy (non-hydrogen) atoms. The highest BCUT2D eigenvalue weighted by molar-refractivity contribution is 5.95. The van der Waals surface area contributed by atoms with Crippen LogP contribution in [0.15, 0.2) is 36.4 Å². The van der Waals surface area contributed by atoms with E-state index in [9.17, 15) is 4.79 Å². The number of anilines is 1. The minimum atomic E-state index is -0.173. The van der Waals surface area contributed by atoms with Crippen molar-refractivity contribution in [3.05, 3.63) is 47.5 Å². The highest BCUT2D eigenvalue weighted by Crippen LogP contribution is 2.38. The Morgan fingerprint density at radius 1 is 1.00 bits per heavy atom. The Labute approximate surface area is 184 Å². The van der Waals surface area contributed by atoms with Gasteiger partial charge in [0.1, 0.15) is 0 Å². The average Bonchev–Trinajstić information content (AvgIpc) is 3.32. The monoisotopic (exact) mass is 427 g/mol. The molecule has 2 aromatic rings. The van der Waals surface area contributed by atoms with E-state index in [1.54, 1.807) is 33.5 Å². The summed E-state index contributed by atoms with van der Waals surface area (Å²) in [6.45, 7) is 2.61. The van der Waals surface area contributed by atoms with E-state index in [1.165, 1.54) is 18.4 Å². The number of benzene rings is 2. The summed E-state index contributed by atoms with van der Waals surface area (Å²) in [5.41, 5.74) is 2.83. The van der Waals surface area contributed by atoms with E-state index in [0.717, 1.165) is 18.8 Å². The van der Waals surface area contributed by atoms with Crippen molar-refractivity contribution in [1.82, 2.24) is 10.2 Å². The van der Waals surface area contributed by atoms with Gasteiger partial charge < -0.3 is 24.4 Å². The molecular weight excluding hydrogens is 394 g/mol.